The molecule has 1 aromatic carbocycles. The minimum Gasteiger partial charge on any atom is -0.494 e. The van der Waals surface area contributed by atoms with Crippen LogP contribution in [0, 0.1) is 0 Å². The molecule has 1 atom stereocenters. The van der Waals surface area contributed by atoms with Crippen LogP contribution in [0.4, 0.5) is 0 Å². The number of rotatable bonds is 6. The molecule has 3 nitrogen and oxygen atoms in total. The summed E-state index contributed by atoms with van der Waals surface area (Å²) >= 11 is 0. The van der Waals surface area contributed by atoms with Crippen LogP contribution in [0.5, 0.6) is 5.75 Å². The van der Waals surface area contributed by atoms with Crippen molar-refractivity contribution in [3.05, 3.63) is 59.9 Å². The second-order valence-electron chi connectivity index (χ2n) is 4.40. The molecule has 0 saturated carbocycles. The highest BCUT2D eigenvalue weighted by atomic mass is 16.5. The minimum atomic E-state index is 0.218. The molecule has 0 aliphatic carbocycles. The maximum atomic E-state index is 5.62. The number of ether oxygens (including phenoxy) is 1. The quantitative estimate of drug-likeness (QED) is 0.860. The summed E-state index contributed by atoms with van der Waals surface area (Å²) in [6, 6.07) is 14.3. The highest BCUT2D eigenvalue weighted by Crippen LogP contribution is 2.19. The molecule has 2 aromatic rings. The largest absolute Gasteiger partial charge is 0.494 e. The lowest BCUT2D eigenvalue weighted by molar-refractivity contribution is 0.335. The fourth-order valence-electron chi connectivity index (χ4n) is 1.95. The van der Waals surface area contributed by atoms with Gasteiger partial charge in [-0.15, -0.1) is 0 Å². The molecular weight excluding hydrogens is 236 g/mol. The van der Waals surface area contributed by atoms with Crippen LogP contribution in [0.1, 0.15) is 31.1 Å². The van der Waals surface area contributed by atoms with Crippen molar-refractivity contribution >= 4 is 0 Å². The molecule has 0 aliphatic rings. The lowest BCUT2D eigenvalue weighted by Gasteiger charge is -2.15. The smallest absolute Gasteiger partial charge is 0.123 e. The SMILES string of the molecule is CCOc1ccccc1CN[C@@H](C)c1ccccn1. The number of pyridine rings is 1. The molecule has 1 heterocycles. The first-order valence-corrected chi connectivity index (χ1v) is 6.66. The molecule has 0 aliphatic heterocycles. The number of nitrogens with zero attached hydrogens (tertiary/aromatic N) is 1. The Labute approximate surface area is 114 Å². The molecule has 2 rings (SSSR count). The molecule has 0 amide bonds. The van der Waals surface area contributed by atoms with Crippen LogP contribution in [0.3, 0.4) is 0 Å². The third-order valence-electron chi connectivity index (χ3n) is 3.00. The second kappa shape index (κ2) is 6.90. The van der Waals surface area contributed by atoms with Gasteiger partial charge in [-0.1, -0.05) is 24.3 Å². The fourth-order valence-corrected chi connectivity index (χ4v) is 1.95. The summed E-state index contributed by atoms with van der Waals surface area (Å²) in [5.41, 5.74) is 2.23. The zero-order chi connectivity index (χ0) is 13.5. The maximum Gasteiger partial charge on any atom is 0.123 e. The van der Waals surface area contributed by atoms with Gasteiger partial charge >= 0.3 is 0 Å². The van der Waals surface area contributed by atoms with E-state index in [1.54, 1.807) is 0 Å². The summed E-state index contributed by atoms with van der Waals surface area (Å²) in [6.07, 6.45) is 1.82. The summed E-state index contributed by atoms with van der Waals surface area (Å²) in [7, 11) is 0. The number of hydrogen-bond acceptors (Lipinski definition) is 3. The van der Waals surface area contributed by atoms with Crippen molar-refractivity contribution < 1.29 is 4.74 Å². The van der Waals surface area contributed by atoms with E-state index in [9.17, 15) is 0 Å². The Morgan fingerprint density at radius 1 is 1.16 bits per heavy atom. The van der Waals surface area contributed by atoms with Crippen molar-refractivity contribution in [2.45, 2.75) is 26.4 Å². The molecule has 19 heavy (non-hydrogen) atoms. The van der Waals surface area contributed by atoms with Crippen LogP contribution in [-0.4, -0.2) is 11.6 Å². The number of hydrogen-bond donors (Lipinski definition) is 1. The molecule has 0 radical (unpaired) electrons. The van der Waals surface area contributed by atoms with Gasteiger partial charge in [0.25, 0.3) is 0 Å². The predicted molar refractivity (Wildman–Crippen MR) is 77.1 cm³/mol. The van der Waals surface area contributed by atoms with Crippen molar-refractivity contribution in [2.24, 2.45) is 0 Å². The summed E-state index contributed by atoms with van der Waals surface area (Å²) in [5, 5.41) is 3.47. The van der Waals surface area contributed by atoms with Crippen LogP contribution in [0.25, 0.3) is 0 Å². The number of para-hydroxylation sites is 1. The Morgan fingerprint density at radius 3 is 2.68 bits per heavy atom. The highest BCUT2D eigenvalue weighted by molar-refractivity contribution is 5.33. The van der Waals surface area contributed by atoms with Gasteiger partial charge in [0, 0.05) is 24.3 Å². The van der Waals surface area contributed by atoms with Crippen LogP contribution in [-0.2, 0) is 6.54 Å². The Kier molecular flexibility index (Phi) is 4.93. The van der Waals surface area contributed by atoms with Gasteiger partial charge in [-0.05, 0) is 32.0 Å². The molecule has 3 heteroatoms. The van der Waals surface area contributed by atoms with Gasteiger partial charge in [0.1, 0.15) is 5.75 Å². The van der Waals surface area contributed by atoms with E-state index < -0.39 is 0 Å². The average molecular weight is 256 g/mol. The van der Waals surface area contributed by atoms with E-state index in [2.05, 4.69) is 23.3 Å². The predicted octanol–water partition coefficient (Wildman–Crippen LogP) is 3.33. The summed E-state index contributed by atoms with van der Waals surface area (Å²) in [6.45, 7) is 5.58. The summed E-state index contributed by atoms with van der Waals surface area (Å²) in [4.78, 5) is 4.36. The molecule has 0 spiro atoms. The van der Waals surface area contributed by atoms with Gasteiger partial charge < -0.3 is 10.1 Å². The lowest BCUT2D eigenvalue weighted by Crippen LogP contribution is -2.19. The van der Waals surface area contributed by atoms with Crippen molar-refractivity contribution in [3.63, 3.8) is 0 Å². The molecule has 1 aromatic heterocycles. The molecule has 100 valence electrons. The Bertz CT molecular complexity index is 499. The summed E-state index contributed by atoms with van der Waals surface area (Å²) in [5.74, 6) is 0.950. The van der Waals surface area contributed by atoms with Gasteiger partial charge in [0.15, 0.2) is 0 Å². The monoisotopic (exact) mass is 256 g/mol. The molecule has 0 fully saturated rings. The Balaban J connectivity index is 1.99. The van der Waals surface area contributed by atoms with Gasteiger partial charge in [0.05, 0.1) is 12.3 Å². The number of benzene rings is 1. The van der Waals surface area contributed by atoms with Crippen LogP contribution in [0.2, 0.25) is 0 Å². The first kappa shape index (κ1) is 13.6. The van der Waals surface area contributed by atoms with E-state index in [1.165, 1.54) is 5.56 Å². The van der Waals surface area contributed by atoms with Gasteiger partial charge in [-0.3, -0.25) is 4.98 Å². The molecule has 1 N–H and O–H groups in total. The van der Waals surface area contributed by atoms with Crippen LogP contribution in [0.15, 0.2) is 48.7 Å². The second-order valence-corrected chi connectivity index (χ2v) is 4.40. The number of aromatic nitrogens is 1. The van der Waals surface area contributed by atoms with Gasteiger partial charge in [-0.25, -0.2) is 0 Å². The van der Waals surface area contributed by atoms with E-state index in [0.717, 1.165) is 18.0 Å². The molecule has 0 bridgehead atoms. The third-order valence-corrected chi connectivity index (χ3v) is 3.00. The maximum absolute atomic E-state index is 5.62. The van der Waals surface area contributed by atoms with Crippen LogP contribution < -0.4 is 10.1 Å². The highest BCUT2D eigenvalue weighted by Gasteiger charge is 2.07. The lowest BCUT2D eigenvalue weighted by atomic mass is 10.1. The summed E-state index contributed by atoms with van der Waals surface area (Å²) < 4.78 is 5.62. The average Bonchev–Trinajstić information content (AvgIpc) is 2.47. The first-order chi connectivity index (χ1) is 9.31. The van der Waals surface area contributed by atoms with Gasteiger partial charge in [-0.2, -0.15) is 0 Å². The molecular formula is C16H20N2O. The van der Waals surface area contributed by atoms with Gasteiger partial charge in [0.2, 0.25) is 0 Å². The number of nitrogens with one attached hydrogen (secondary N) is 1. The van der Waals surface area contributed by atoms with E-state index >= 15 is 0 Å². The van der Waals surface area contributed by atoms with E-state index in [-0.39, 0.29) is 6.04 Å². The van der Waals surface area contributed by atoms with E-state index in [0.29, 0.717) is 6.61 Å². The van der Waals surface area contributed by atoms with Crippen molar-refractivity contribution in [2.75, 3.05) is 6.61 Å². The van der Waals surface area contributed by atoms with Crippen molar-refractivity contribution in [1.82, 2.24) is 10.3 Å². The van der Waals surface area contributed by atoms with E-state index in [1.807, 2.05) is 49.5 Å². The molecule has 0 saturated heterocycles. The minimum absolute atomic E-state index is 0.218. The van der Waals surface area contributed by atoms with Crippen LogP contribution >= 0.6 is 0 Å². The topological polar surface area (TPSA) is 34.1 Å². The normalized spacial score (nSPS) is 12.1. The van der Waals surface area contributed by atoms with Crippen molar-refractivity contribution in [1.29, 1.82) is 0 Å². The third kappa shape index (κ3) is 3.80. The Morgan fingerprint density at radius 2 is 1.95 bits per heavy atom. The van der Waals surface area contributed by atoms with Crippen molar-refractivity contribution in [3.8, 4) is 5.75 Å². The van der Waals surface area contributed by atoms with E-state index in [4.69, 9.17) is 4.74 Å². The Hall–Kier alpha value is -1.87. The zero-order valence-electron chi connectivity index (χ0n) is 11.5. The molecule has 0 unspecified atom stereocenters. The standard InChI is InChI=1S/C16H20N2O/c1-3-19-16-10-5-4-8-14(16)12-18-13(2)15-9-6-7-11-17-15/h4-11,13,18H,3,12H2,1-2H3/t13-/m0/s1. The fraction of sp³-hybridized carbons (Fsp3) is 0.312. The zero-order valence-corrected chi connectivity index (χ0v) is 11.5. The first-order valence-electron chi connectivity index (χ1n) is 6.66.